The maximum absolute atomic E-state index is 12.4. The Balaban J connectivity index is 1.40. The second-order valence-electron chi connectivity index (χ2n) is 6.74. The number of halogens is 1. The third kappa shape index (κ3) is 4.62. The Hall–Kier alpha value is -2.37. The van der Waals surface area contributed by atoms with Crippen LogP contribution in [0.25, 0.3) is 0 Å². The number of ether oxygens (including phenoxy) is 1. The first-order valence-electron chi connectivity index (χ1n) is 9.17. The van der Waals surface area contributed by atoms with Crippen molar-refractivity contribution in [3.63, 3.8) is 0 Å². The molecular weight excluding hydrogens is 420 g/mol. The van der Waals surface area contributed by atoms with Crippen molar-refractivity contribution in [2.75, 3.05) is 42.3 Å². The van der Waals surface area contributed by atoms with Crippen molar-refractivity contribution in [1.29, 1.82) is 0 Å². The van der Waals surface area contributed by atoms with E-state index in [1.165, 1.54) is 30.0 Å². The molecule has 4 rings (SSSR count). The summed E-state index contributed by atoms with van der Waals surface area (Å²) in [6.07, 6.45) is 2.15. The van der Waals surface area contributed by atoms with Gasteiger partial charge >= 0.3 is 0 Å². The van der Waals surface area contributed by atoms with Crippen molar-refractivity contribution in [3.8, 4) is 0 Å². The lowest BCUT2D eigenvalue weighted by Gasteiger charge is -2.27. The fourth-order valence-electron chi connectivity index (χ4n) is 3.03. The van der Waals surface area contributed by atoms with Gasteiger partial charge in [-0.25, -0.2) is 0 Å². The normalized spacial score (nSPS) is 16.7. The molecule has 0 bridgehead atoms. The molecule has 1 aliphatic carbocycles. The molecule has 1 saturated heterocycles. The molecule has 1 N–H and O–H groups in total. The summed E-state index contributed by atoms with van der Waals surface area (Å²) in [5.74, 6) is 0.683. The van der Waals surface area contributed by atoms with Crippen molar-refractivity contribution in [3.05, 3.63) is 33.3 Å². The Labute approximate surface area is 175 Å². The quantitative estimate of drug-likeness (QED) is 0.398. The maximum Gasteiger partial charge on any atom is 0.271 e. The summed E-state index contributed by atoms with van der Waals surface area (Å²) in [5, 5.41) is 22.9. The highest BCUT2D eigenvalue weighted by Gasteiger charge is 2.32. The highest BCUT2D eigenvalue weighted by Crippen LogP contribution is 2.41. The van der Waals surface area contributed by atoms with E-state index in [0.717, 1.165) is 31.9 Å². The first kappa shape index (κ1) is 19.9. The number of non-ortho nitro benzene ring substituents is 1. The molecule has 1 aliphatic heterocycles. The van der Waals surface area contributed by atoms with Gasteiger partial charge in [0, 0.05) is 31.3 Å². The zero-order valence-electron chi connectivity index (χ0n) is 15.4. The zero-order valence-corrected chi connectivity index (χ0v) is 17.0. The molecule has 0 atom stereocenters. The van der Waals surface area contributed by atoms with E-state index >= 15 is 0 Å². The van der Waals surface area contributed by atoms with Crippen LogP contribution in [0.3, 0.4) is 0 Å². The molecule has 1 saturated carbocycles. The fraction of sp³-hybridized carbons (Fsp3) is 0.471. The minimum absolute atomic E-state index is 0.119. The number of thioether (sulfide) groups is 1. The molecule has 0 spiro atoms. The highest BCUT2D eigenvalue weighted by atomic mass is 35.5. The lowest BCUT2D eigenvalue weighted by Crippen LogP contribution is -2.38. The van der Waals surface area contributed by atoms with E-state index in [9.17, 15) is 14.9 Å². The molecule has 154 valence electrons. The number of anilines is 2. The number of aromatic nitrogens is 3. The summed E-state index contributed by atoms with van der Waals surface area (Å²) in [6, 6.07) is 4.31. The SMILES string of the molecule is O=C(CSc1nnc(N2CCOCC2)n1C1CC1)Nc1ccc([N+](=O)[O-])cc1Cl. The van der Waals surface area contributed by atoms with E-state index in [-0.39, 0.29) is 22.4 Å². The Morgan fingerprint density at radius 2 is 2.10 bits per heavy atom. The average molecular weight is 439 g/mol. The van der Waals surface area contributed by atoms with Crippen LogP contribution < -0.4 is 10.2 Å². The lowest BCUT2D eigenvalue weighted by molar-refractivity contribution is -0.384. The van der Waals surface area contributed by atoms with E-state index in [0.29, 0.717) is 30.1 Å². The number of amides is 1. The molecule has 29 heavy (non-hydrogen) atoms. The monoisotopic (exact) mass is 438 g/mol. The molecule has 1 amide bonds. The number of nitrogens with one attached hydrogen (secondary N) is 1. The van der Waals surface area contributed by atoms with Crippen molar-refractivity contribution in [2.45, 2.75) is 24.0 Å². The van der Waals surface area contributed by atoms with Gasteiger partial charge in [0.2, 0.25) is 11.9 Å². The van der Waals surface area contributed by atoms with Crippen LogP contribution in [-0.2, 0) is 9.53 Å². The van der Waals surface area contributed by atoms with Crippen LogP contribution in [0.1, 0.15) is 18.9 Å². The Bertz CT molecular complexity index is 929. The van der Waals surface area contributed by atoms with Gasteiger partial charge in [-0.15, -0.1) is 10.2 Å². The zero-order chi connectivity index (χ0) is 20.4. The number of nitro benzene ring substituents is 1. The Morgan fingerprint density at radius 1 is 1.34 bits per heavy atom. The predicted molar refractivity (Wildman–Crippen MR) is 109 cm³/mol. The molecule has 0 radical (unpaired) electrons. The fourth-order valence-corrected chi connectivity index (χ4v) is 4.06. The van der Waals surface area contributed by atoms with E-state index < -0.39 is 4.92 Å². The van der Waals surface area contributed by atoms with Crippen molar-refractivity contribution < 1.29 is 14.5 Å². The summed E-state index contributed by atoms with van der Waals surface area (Å²) in [4.78, 5) is 24.8. The van der Waals surface area contributed by atoms with Gasteiger partial charge < -0.3 is 15.0 Å². The van der Waals surface area contributed by atoms with Crippen LogP contribution in [0.15, 0.2) is 23.4 Å². The third-order valence-corrected chi connectivity index (χ3v) is 5.88. The Kier molecular flexibility index (Phi) is 5.88. The molecule has 12 heteroatoms. The molecule has 2 aliphatic rings. The van der Waals surface area contributed by atoms with E-state index in [4.69, 9.17) is 16.3 Å². The van der Waals surface area contributed by atoms with Crippen LogP contribution in [-0.4, -0.2) is 57.7 Å². The molecule has 10 nitrogen and oxygen atoms in total. The first-order valence-corrected chi connectivity index (χ1v) is 10.5. The number of carbonyl (C=O) groups is 1. The first-order chi connectivity index (χ1) is 14.0. The second kappa shape index (κ2) is 8.56. The van der Waals surface area contributed by atoms with Gasteiger partial charge in [0.1, 0.15) is 0 Å². The largest absolute Gasteiger partial charge is 0.378 e. The van der Waals surface area contributed by atoms with Crippen LogP contribution >= 0.6 is 23.4 Å². The average Bonchev–Trinajstić information content (AvgIpc) is 3.47. The number of nitro groups is 1. The van der Waals surface area contributed by atoms with E-state index in [1.54, 1.807) is 0 Å². The van der Waals surface area contributed by atoms with Crippen LogP contribution in [0.5, 0.6) is 0 Å². The molecule has 2 aromatic rings. The standard InChI is InChI=1S/C17H19ClN6O4S/c18-13-9-12(24(26)27)3-4-14(13)19-15(25)10-29-17-21-20-16(23(17)11-1-2-11)22-5-7-28-8-6-22/h3-4,9,11H,1-2,5-8,10H2,(H,19,25). The van der Waals surface area contributed by atoms with E-state index in [2.05, 4.69) is 25.0 Å². The molecule has 2 heterocycles. The van der Waals surface area contributed by atoms with Crippen molar-refractivity contribution in [1.82, 2.24) is 14.8 Å². The van der Waals surface area contributed by atoms with Crippen LogP contribution in [0, 0.1) is 10.1 Å². The Morgan fingerprint density at radius 3 is 2.76 bits per heavy atom. The summed E-state index contributed by atoms with van der Waals surface area (Å²) >= 11 is 7.34. The van der Waals surface area contributed by atoms with Crippen molar-refractivity contribution >= 4 is 46.6 Å². The van der Waals surface area contributed by atoms with Gasteiger partial charge in [0.15, 0.2) is 5.16 Å². The third-order valence-electron chi connectivity index (χ3n) is 4.62. The highest BCUT2D eigenvalue weighted by molar-refractivity contribution is 7.99. The van der Waals surface area contributed by atoms with Gasteiger partial charge in [-0.3, -0.25) is 19.5 Å². The van der Waals surface area contributed by atoms with Crippen molar-refractivity contribution in [2.24, 2.45) is 0 Å². The van der Waals surface area contributed by atoms with E-state index in [1.807, 2.05) is 0 Å². The topological polar surface area (TPSA) is 115 Å². The number of carbonyl (C=O) groups excluding carboxylic acids is 1. The van der Waals surface area contributed by atoms with Gasteiger partial charge in [-0.05, 0) is 18.9 Å². The van der Waals surface area contributed by atoms with Gasteiger partial charge in [-0.2, -0.15) is 0 Å². The molecule has 2 fully saturated rings. The van der Waals surface area contributed by atoms with Crippen LogP contribution in [0.2, 0.25) is 5.02 Å². The molecule has 1 aromatic heterocycles. The predicted octanol–water partition coefficient (Wildman–Crippen LogP) is 2.74. The number of hydrogen-bond donors (Lipinski definition) is 1. The van der Waals surface area contributed by atoms with Gasteiger partial charge in [-0.1, -0.05) is 23.4 Å². The lowest BCUT2D eigenvalue weighted by atomic mass is 10.3. The summed E-state index contributed by atoms with van der Waals surface area (Å²) in [5.41, 5.74) is 0.205. The van der Waals surface area contributed by atoms with Crippen LogP contribution in [0.4, 0.5) is 17.3 Å². The number of morpholine rings is 1. The number of hydrogen-bond acceptors (Lipinski definition) is 8. The number of rotatable bonds is 7. The summed E-state index contributed by atoms with van der Waals surface area (Å²) in [6.45, 7) is 2.88. The molecule has 1 aromatic carbocycles. The molecular formula is C17H19ClN6O4S. The minimum atomic E-state index is -0.538. The van der Waals surface area contributed by atoms with Gasteiger partial charge in [0.05, 0.1) is 34.6 Å². The molecule has 0 unspecified atom stereocenters. The number of nitrogens with zero attached hydrogens (tertiary/aromatic N) is 5. The second-order valence-corrected chi connectivity index (χ2v) is 8.09. The maximum atomic E-state index is 12.4. The minimum Gasteiger partial charge on any atom is -0.378 e. The summed E-state index contributed by atoms with van der Waals surface area (Å²) in [7, 11) is 0. The summed E-state index contributed by atoms with van der Waals surface area (Å²) < 4.78 is 7.52. The smallest absolute Gasteiger partial charge is 0.271 e. The van der Waals surface area contributed by atoms with Gasteiger partial charge in [0.25, 0.3) is 5.69 Å². The number of benzene rings is 1.